The fourth-order valence-electron chi connectivity index (χ4n) is 2.06. The van der Waals surface area contributed by atoms with Gasteiger partial charge in [0.25, 0.3) is 0 Å². The Balaban J connectivity index is 2.01. The van der Waals surface area contributed by atoms with Crippen molar-refractivity contribution in [1.29, 1.82) is 0 Å². The maximum absolute atomic E-state index is 12.1. The molecular formula is C13H15BrN2O4. The number of carbonyl (C=O) groups excluding carboxylic acids is 1. The fraction of sp³-hybridized carbons (Fsp3) is 0.385. The highest BCUT2D eigenvalue weighted by atomic mass is 79.9. The highest BCUT2D eigenvalue weighted by molar-refractivity contribution is 9.10. The molecule has 0 bridgehead atoms. The molecule has 1 aromatic rings. The van der Waals surface area contributed by atoms with Crippen molar-refractivity contribution in [3.05, 3.63) is 28.7 Å². The summed E-state index contributed by atoms with van der Waals surface area (Å²) in [6, 6.07) is 6.34. The third-order valence-corrected chi connectivity index (χ3v) is 3.81. The van der Waals surface area contributed by atoms with E-state index >= 15 is 0 Å². The monoisotopic (exact) mass is 342 g/mol. The van der Waals surface area contributed by atoms with Crippen LogP contribution in [0.3, 0.4) is 0 Å². The Morgan fingerprint density at radius 3 is 2.60 bits per heavy atom. The molecule has 6 nitrogen and oxygen atoms in total. The van der Waals surface area contributed by atoms with Crippen LogP contribution in [-0.2, 0) is 9.53 Å². The summed E-state index contributed by atoms with van der Waals surface area (Å²) in [5.74, 6) is -1.63. The molecule has 1 saturated heterocycles. The molecule has 1 aliphatic rings. The van der Waals surface area contributed by atoms with Crippen molar-refractivity contribution < 1.29 is 19.4 Å². The van der Waals surface area contributed by atoms with E-state index in [1.54, 1.807) is 19.2 Å². The number of hydrogen-bond donors (Lipinski definition) is 2. The Labute approximate surface area is 124 Å². The maximum atomic E-state index is 12.1. The number of nitrogens with zero attached hydrogens (tertiary/aromatic N) is 1. The molecule has 2 unspecified atom stereocenters. The van der Waals surface area contributed by atoms with Gasteiger partial charge in [-0.05, 0) is 24.3 Å². The van der Waals surface area contributed by atoms with E-state index in [0.29, 0.717) is 5.69 Å². The summed E-state index contributed by atoms with van der Waals surface area (Å²) in [4.78, 5) is 24.6. The van der Waals surface area contributed by atoms with E-state index in [0.717, 1.165) is 4.47 Å². The predicted octanol–water partition coefficient (Wildman–Crippen LogP) is 2.01. The Morgan fingerprint density at radius 2 is 2.00 bits per heavy atom. The smallest absolute Gasteiger partial charge is 0.321 e. The second kappa shape index (κ2) is 6.23. The molecule has 7 heteroatoms. The Bertz CT molecular complexity index is 506. The van der Waals surface area contributed by atoms with Crippen LogP contribution in [0.2, 0.25) is 0 Å². The van der Waals surface area contributed by atoms with Crippen LogP contribution in [-0.4, -0.2) is 48.3 Å². The van der Waals surface area contributed by atoms with Crippen LogP contribution in [0.1, 0.15) is 0 Å². The van der Waals surface area contributed by atoms with E-state index in [-0.39, 0.29) is 19.2 Å². The first-order chi connectivity index (χ1) is 9.49. The molecule has 0 radical (unpaired) electrons. The van der Waals surface area contributed by atoms with Crippen molar-refractivity contribution >= 4 is 33.6 Å². The molecule has 0 aromatic heterocycles. The summed E-state index contributed by atoms with van der Waals surface area (Å²) in [5, 5.41) is 11.8. The molecule has 2 N–H and O–H groups in total. The fourth-order valence-corrected chi connectivity index (χ4v) is 2.32. The van der Waals surface area contributed by atoms with Crippen LogP contribution in [0.15, 0.2) is 28.7 Å². The zero-order valence-electron chi connectivity index (χ0n) is 10.9. The van der Waals surface area contributed by atoms with Gasteiger partial charge in [-0.15, -0.1) is 0 Å². The van der Waals surface area contributed by atoms with Gasteiger partial charge < -0.3 is 20.1 Å². The highest BCUT2D eigenvalue weighted by Crippen LogP contribution is 2.20. The quantitative estimate of drug-likeness (QED) is 0.880. The molecule has 1 fully saturated rings. The number of rotatable bonds is 3. The number of benzene rings is 1. The van der Waals surface area contributed by atoms with E-state index < -0.39 is 17.9 Å². The van der Waals surface area contributed by atoms with Crippen LogP contribution in [0.25, 0.3) is 0 Å². The number of halogens is 1. The number of urea groups is 1. The molecule has 20 heavy (non-hydrogen) atoms. The maximum Gasteiger partial charge on any atom is 0.321 e. The number of nitrogens with one attached hydrogen (secondary N) is 1. The number of amides is 2. The van der Waals surface area contributed by atoms with E-state index in [9.17, 15) is 9.59 Å². The molecule has 1 aliphatic heterocycles. The summed E-state index contributed by atoms with van der Waals surface area (Å²) in [7, 11) is 1.57. The van der Waals surface area contributed by atoms with Crippen molar-refractivity contribution in [2.24, 2.45) is 5.92 Å². The molecule has 2 atom stereocenters. The lowest BCUT2D eigenvalue weighted by molar-refractivity contribution is -0.142. The van der Waals surface area contributed by atoms with Crippen molar-refractivity contribution in [3.8, 4) is 0 Å². The average molecular weight is 343 g/mol. The molecule has 2 rings (SSSR count). The van der Waals surface area contributed by atoms with E-state index in [1.165, 1.54) is 4.90 Å². The SMILES string of the molecule is CN(C(=O)Nc1ccc(Br)cc1)C1COCC1C(=O)O. The standard InChI is InChI=1S/C13H15BrN2O4/c1-16(11-7-20-6-10(11)12(17)18)13(19)15-9-4-2-8(14)3-5-9/h2-5,10-11H,6-7H2,1H3,(H,15,19)(H,17,18). The third-order valence-electron chi connectivity index (χ3n) is 3.28. The summed E-state index contributed by atoms with van der Waals surface area (Å²) in [6.07, 6.45) is 0. The van der Waals surface area contributed by atoms with Gasteiger partial charge in [-0.2, -0.15) is 0 Å². The van der Waals surface area contributed by atoms with Gasteiger partial charge in [-0.1, -0.05) is 15.9 Å². The lowest BCUT2D eigenvalue weighted by atomic mass is 10.0. The number of anilines is 1. The predicted molar refractivity (Wildman–Crippen MR) is 76.7 cm³/mol. The Kier molecular flexibility index (Phi) is 4.61. The first-order valence-corrected chi connectivity index (χ1v) is 6.88. The van der Waals surface area contributed by atoms with E-state index in [4.69, 9.17) is 9.84 Å². The number of aliphatic carboxylic acids is 1. The number of hydrogen-bond acceptors (Lipinski definition) is 3. The highest BCUT2D eigenvalue weighted by Gasteiger charge is 2.38. The largest absolute Gasteiger partial charge is 0.481 e. The van der Waals surface area contributed by atoms with Crippen LogP contribution >= 0.6 is 15.9 Å². The number of likely N-dealkylation sites (N-methyl/N-ethyl adjacent to an activating group) is 1. The first kappa shape index (κ1) is 14.8. The van der Waals surface area contributed by atoms with Gasteiger partial charge in [0.1, 0.15) is 5.92 Å². The van der Waals surface area contributed by atoms with Crippen molar-refractivity contribution in [3.63, 3.8) is 0 Å². The zero-order chi connectivity index (χ0) is 14.7. The van der Waals surface area contributed by atoms with Crippen LogP contribution in [0, 0.1) is 5.92 Å². The van der Waals surface area contributed by atoms with Crippen molar-refractivity contribution in [1.82, 2.24) is 4.90 Å². The van der Waals surface area contributed by atoms with Crippen LogP contribution < -0.4 is 5.32 Å². The van der Waals surface area contributed by atoms with Crippen LogP contribution in [0.5, 0.6) is 0 Å². The molecular weight excluding hydrogens is 328 g/mol. The van der Waals surface area contributed by atoms with Gasteiger partial charge in [-0.25, -0.2) is 4.79 Å². The minimum absolute atomic E-state index is 0.135. The van der Waals surface area contributed by atoms with E-state index in [2.05, 4.69) is 21.2 Å². The lowest BCUT2D eigenvalue weighted by Gasteiger charge is -2.26. The lowest BCUT2D eigenvalue weighted by Crippen LogP contribution is -2.45. The second-order valence-corrected chi connectivity index (χ2v) is 5.51. The summed E-state index contributed by atoms with van der Waals surface area (Å²) in [5.41, 5.74) is 0.649. The molecule has 0 aliphatic carbocycles. The first-order valence-electron chi connectivity index (χ1n) is 6.09. The van der Waals surface area contributed by atoms with Gasteiger partial charge in [0, 0.05) is 17.2 Å². The molecule has 1 aromatic carbocycles. The molecule has 1 heterocycles. The van der Waals surface area contributed by atoms with Gasteiger partial charge in [0.05, 0.1) is 19.3 Å². The number of ether oxygens (including phenoxy) is 1. The molecule has 108 valence electrons. The van der Waals surface area contributed by atoms with Gasteiger partial charge in [0.15, 0.2) is 0 Å². The number of carboxylic acids is 1. The Morgan fingerprint density at radius 1 is 1.35 bits per heavy atom. The number of carbonyl (C=O) groups is 2. The average Bonchev–Trinajstić information content (AvgIpc) is 2.90. The normalized spacial score (nSPS) is 21.5. The summed E-state index contributed by atoms with van der Waals surface area (Å²) < 4.78 is 6.08. The van der Waals surface area contributed by atoms with Gasteiger partial charge >= 0.3 is 12.0 Å². The minimum Gasteiger partial charge on any atom is -0.481 e. The van der Waals surface area contributed by atoms with Crippen molar-refractivity contribution in [2.45, 2.75) is 6.04 Å². The Hall–Kier alpha value is -1.60. The molecule has 0 spiro atoms. The van der Waals surface area contributed by atoms with Crippen molar-refractivity contribution in [2.75, 3.05) is 25.6 Å². The number of carboxylic acid groups (broad SMARTS) is 1. The van der Waals surface area contributed by atoms with Gasteiger partial charge in [0.2, 0.25) is 0 Å². The third kappa shape index (κ3) is 3.29. The van der Waals surface area contributed by atoms with Gasteiger partial charge in [-0.3, -0.25) is 4.79 Å². The molecule has 0 saturated carbocycles. The second-order valence-electron chi connectivity index (χ2n) is 4.60. The minimum atomic E-state index is -0.948. The topological polar surface area (TPSA) is 78.9 Å². The molecule has 2 amide bonds. The summed E-state index contributed by atoms with van der Waals surface area (Å²) >= 11 is 3.31. The zero-order valence-corrected chi connectivity index (χ0v) is 12.5. The van der Waals surface area contributed by atoms with Crippen LogP contribution in [0.4, 0.5) is 10.5 Å². The van der Waals surface area contributed by atoms with E-state index in [1.807, 2.05) is 12.1 Å². The summed E-state index contributed by atoms with van der Waals surface area (Å²) in [6.45, 7) is 0.372.